The van der Waals surface area contributed by atoms with E-state index in [0.717, 1.165) is 26.2 Å². The summed E-state index contributed by atoms with van der Waals surface area (Å²) in [6, 6.07) is 10.8. The van der Waals surface area contributed by atoms with E-state index in [9.17, 15) is 4.79 Å². The highest BCUT2D eigenvalue weighted by Gasteiger charge is 2.20. The predicted octanol–water partition coefficient (Wildman–Crippen LogP) is 1.44. The standard InChI is InChI=1S/C14H20N2O/c1-12(17)9-14-11-16(8-7-15-14)10-13-5-3-2-4-6-13/h2-6,14-15H,7-11H2,1H3. The first kappa shape index (κ1) is 12.3. The molecule has 0 saturated carbocycles. The fourth-order valence-corrected chi connectivity index (χ4v) is 2.36. The van der Waals surface area contributed by atoms with Crippen molar-refractivity contribution in [3.05, 3.63) is 35.9 Å². The molecule has 1 saturated heterocycles. The van der Waals surface area contributed by atoms with Gasteiger partial charge in [0.05, 0.1) is 0 Å². The lowest BCUT2D eigenvalue weighted by molar-refractivity contribution is -0.117. The molecule has 3 heteroatoms. The zero-order chi connectivity index (χ0) is 12.1. The average molecular weight is 232 g/mol. The van der Waals surface area contributed by atoms with Gasteiger partial charge in [-0.1, -0.05) is 30.3 Å². The summed E-state index contributed by atoms with van der Waals surface area (Å²) in [4.78, 5) is 13.5. The molecule has 0 aromatic heterocycles. The second-order valence-corrected chi connectivity index (χ2v) is 4.78. The van der Waals surface area contributed by atoms with Crippen LogP contribution in [0.15, 0.2) is 30.3 Å². The Balaban J connectivity index is 1.87. The summed E-state index contributed by atoms with van der Waals surface area (Å²) >= 11 is 0. The second kappa shape index (κ2) is 5.94. The Morgan fingerprint density at radius 1 is 1.41 bits per heavy atom. The molecule has 17 heavy (non-hydrogen) atoms. The molecule has 0 aliphatic carbocycles. The van der Waals surface area contributed by atoms with Gasteiger partial charge in [0.25, 0.3) is 0 Å². The van der Waals surface area contributed by atoms with Gasteiger partial charge in [-0.25, -0.2) is 0 Å². The molecule has 1 unspecified atom stereocenters. The SMILES string of the molecule is CC(=O)CC1CN(Cc2ccccc2)CCN1. The minimum Gasteiger partial charge on any atom is -0.311 e. The summed E-state index contributed by atoms with van der Waals surface area (Å²) in [5.74, 6) is 0.268. The van der Waals surface area contributed by atoms with Crippen molar-refractivity contribution < 1.29 is 4.79 Å². The number of hydrogen-bond donors (Lipinski definition) is 1. The number of nitrogens with one attached hydrogen (secondary N) is 1. The fraction of sp³-hybridized carbons (Fsp3) is 0.500. The van der Waals surface area contributed by atoms with Crippen molar-refractivity contribution in [2.45, 2.75) is 25.9 Å². The quantitative estimate of drug-likeness (QED) is 0.852. The van der Waals surface area contributed by atoms with Crippen LogP contribution in [0.4, 0.5) is 0 Å². The molecule has 1 N–H and O–H groups in total. The number of nitrogens with zero attached hydrogens (tertiary/aromatic N) is 1. The summed E-state index contributed by atoms with van der Waals surface area (Å²) in [6.07, 6.45) is 0.644. The molecule has 0 radical (unpaired) electrons. The molecule has 1 fully saturated rings. The van der Waals surface area contributed by atoms with Crippen LogP contribution in [-0.2, 0) is 11.3 Å². The fourth-order valence-electron chi connectivity index (χ4n) is 2.36. The zero-order valence-corrected chi connectivity index (χ0v) is 10.4. The van der Waals surface area contributed by atoms with Crippen molar-refractivity contribution in [3.63, 3.8) is 0 Å². The average Bonchev–Trinajstić information content (AvgIpc) is 2.30. The van der Waals surface area contributed by atoms with Gasteiger partial charge < -0.3 is 5.32 Å². The number of rotatable bonds is 4. The molecule has 92 valence electrons. The molecular weight excluding hydrogens is 212 g/mol. The van der Waals surface area contributed by atoms with Crippen LogP contribution in [0.25, 0.3) is 0 Å². The van der Waals surface area contributed by atoms with E-state index in [0.29, 0.717) is 12.5 Å². The van der Waals surface area contributed by atoms with E-state index in [1.165, 1.54) is 5.56 Å². The third-order valence-electron chi connectivity index (χ3n) is 3.12. The van der Waals surface area contributed by atoms with E-state index in [-0.39, 0.29) is 5.78 Å². The molecule has 1 atom stereocenters. The van der Waals surface area contributed by atoms with E-state index >= 15 is 0 Å². The Bertz CT molecular complexity index is 364. The Hall–Kier alpha value is -1.19. The van der Waals surface area contributed by atoms with Crippen molar-refractivity contribution in [1.29, 1.82) is 0 Å². The molecule has 0 spiro atoms. The highest BCUT2D eigenvalue weighted by Crippen LogP contribution is 2.09. The first-order chi connectivity index (χ1) is 8.24. The minimum atomic E-state index is 0.268. The number of Topliss-reactive ketones (excluding diaryl/α,β-unsaturated/α-hetero) is 1. The van der Waals surface area contributed by atoms with E-state index < -0.39 is 0 Å². The molecule has 1 aromatic rings. The second-order valence-electron chi connectivity index (χ2n) is 4.78. The van der Waals surface area contributed by atoms with Gasteiger partial charge in [0.15, 0.2) is 0 Å². The highest BCUT2D eigenvalue weighted by atomic mass is 16.1. The minimum absolute atomic E-state index is 0.268. The van der Waals surface area contributed by atoms with E-state index in [1.54, 1.807) is 6.92 Å². The molecule has 2 rings (SSSR count). The first-order valence-electron chi connectivity index (χ1n) is 6.23. The molecule has 1 aromatic carbocycles. The lowest BCUT2D eigenvalue weighted by Crippen LogP contribution is -2.50. The van der Waals surface area contributed by atoms with Gasteiger partial charge in [-0.15, -0.1) is 0 Å². The lowest BCUT2D eigenvalue weighted by Gasteiger charge is -2.33. The largest absolute Gasteiger partial charge is 0.311 e. The number of benzene rings is 1. The van der Waals surface area contributed by atoms with Gasteiger partial charge in [0, 0.05) is 38.6 Å². The van der Waals surface area contributed by atoms with Crippen LogP contribution in [0.3, 0.4) is 0 Å². The summed E-state index contributed by atoms with van der Waals surface area (Å²) in [6.45, 7) is 5.65. The van der Waals surface area contributed by atoms with Gasteiger partial charge in [-0.3, -0.25) is 9.69 Å². The van der Waals surface area contributed by atoms with Crippen molar-refractivity contribution in [2.24, 2.45) is 0 Å². The van der Waals surface area contributed by atoms with Crippen LogP contribution in [0, 0.1) is 0 Å². The van der Waals surface area contributed by atoms with Crippen LogP contribution in [-0.4, -0.2) is 36.4 Å². The molecular formula is C14H20N2O. The van der Waals surface area contributed by atoms with Crippen LogP contribution in [0.2, 0.25) is 0 Å². The molecule has 0 bridgehead atoms. The summed E-state index contributed by atoms with van der Waals surface area (Å²) in [5, 5.41) is 3.40. The number of piperazine rings is 1. The zero-order valence-electron chi connectivity index (χ0n) is 10.4. The Kier molecular flexibility index (Phi) is 4.29. The normalized spacial score (nSPS) is 21.4. The Morgan fingerprint density at radius 2 is 2.18 bits per heavy atom. The predicted molar refractivity (Wildman–Crippen MR) is 68.8 cm³/mol. The van der Waals surface area contributed by atoms with E-state index in [2.05, 4.69) is 34.5 Å². The molecule has 1 aliphatic heterocycles. The van der Waals surface area contributed by atoms with Crippen LogP contribution >= 0.6 is 0 Å². The van der Waals surface area contributed by atoms with Gasteiger partial charge in [-0.2, -0.15) is 0 Å². The summed E-state index contributed by atoms with van der Waals surface area (Å²) < 4.78 is 0. The van der Waals surface area contributed by atoms with Crippen LogP contribution in [0.5, 0.6) is 0 Å². The lowest BCUT2D eigenvalue weighted by atomic mass is 10.1. The molecule has 0 amide bonds. The molecule has 3 nitrogen and oxygen atoms in total. The number of hydrogen-bond acceptors (Lipinski definition) is 3. The third-order valence-corrected chi connectivity index (χ3v) is 3.12. The Morgan fingerprint density at radius 3 is 2.88 bits per heavy atom. The van der Waals surface area contributed by atoms with Gasteiger partial charge in [0.1, 0.15) is 5.78 Å². The van der Waals surface area contributed by atoms with Gasteiger partial charge >= 0.3 is 0 Å². The molecule has 1 aliphatic rings. The monoisotopic (exact) mass is 232 g/mol. The smallest absolute Gasteiger partial charge is 0.131 e. The summed E-state index contributed by atoms with van der Waals surface area (Å²) in [5.41, 5.74) is 1.34. The third kappa shape index (κ3) is 3.95. The maximum atomic E-state index is 11.1. The van der Waals surface area contributed by atoms with E-state index in [4.69, 9.17) is 0 Å². The van der Waals surface area contributed by atoms with Gasteiger partial charge in [-0.05, 0) is 12.5 Å². The van der Waals surface area contributed by atoms with Crippen molar-refractivity contribution in [3.8, 4) is 0 Å². The van der Waals surface area contributed by atoms with Crippen LogP contribution < -0.4 is 5.32 Å². The Labute approximate surface area is 103 Å². The van der Waals surface area contributed by atoms with Crippen molar-refractivity contribution >= 4 is 5.78 Å². The topological polar surface area (TPSA) is 32.3 Å². The molecule has 1 heterocycles. The maximum absolute atomic E-state index is 11.1. The number of ketones is 1. The maximum Gasteiger partial charge on any atom is 0.131 e. The van der Waals surface area contributed by atoms with Gasteiger partial charge in [0.2, 0.25) is 0 Å². The van der Waals surface area contributed by atoms with Crippen molar-refractivity contribution in [1.82, 2.24) is 10.2 Å². The number of carbonyl (C=O) groups is 1. The number of carbonyl (C=O) groups excluding carboxylic acids is 1. The first-order valence-corrected chi connectivity index (χ1v) is 6.23. The highest BCUT2D eigenvalue weighted by molar-refractivity contribution is 5.76. The van der Waals surface area contributed by atoms with Crippen LogP contribution in [0.1, 0.15) is 18.9 Å². The summed E-state index contributed by atoms with van der Waals surface area (Å²) in [7, 11) is 0. The van der Waals surface area contributed by atoms with Crippen molar-refractivity contribution in [2.75, 3.05) is 19.6 Å². The van der Waals surface area contributed by atoms with E-state index in [1.807, 2.05) is 6.07 Å².